The monoisotopic (exact) mass is 620 g/mol. The van der Waals surface area contributed by atoms with Crippen molar-refractivity contribution in [2.75, 3.05) is 63.1 Å². The number of carbonyl (C=O) groups is 1. The van der Waals surface area contributed by atoms with Crippen LogP contribution in [0.4, 0.5) is 11.6 Å². The average Bonchev–Trinajstić information content (AvgIpc) is 3.47. The van der Waals surface area contributed by atoms with Gasteiger partial charge in [-0.15, -0.1) is 0 Å². The fourth-order valence-corrected chi connectivity index (χ4v) is 8.79. The maximum absolute atomic E-state index is 12.1. The molecule has 3 aromatic rings. The number of fused-ring (bicyclic) bond motifs is 1. The summed E-state index contributed by atoms with van der Waals surface area (Å²) in [6.45, 7) is 19.9. The van der Waals surface area contributed by atoms with Crippen molar-refractivity contribution in [2.45, 2.75) is 65.0 Å². The van der Waals surface area contributed by atoms with E-state index in [1.807, 2.05) is 17.9 Å². The van der Waals surface area contributed by atoms with Crippen molar-refractivity contribution in [1.82, 2.24) is 29.8 Å². The van der Waals surface area contributed by atoms with Gasteiger partial charge in [-0.05, 0) is 77.0 Å². The van der Waals surface area contributed by atoms with Crippen LogP contribution >= 0.6 is 11.6 Å². The van der Waals surface area contributed by atoms with E-state index in [0.29, 0.717) is 16.8 Å². The summed E-state index contributed by atoms with van der Waals surface area (Å²) >= 11 is 7.18. The summed E-state index contributed by atoms with van der Waals surface area (Å²) < 4.78 is 7.83. The summed E-state index contributed by atoms with van der Waals surface area (Å²) in [4.78, 5) is 19.1. The highest BCUT2D eigenvalue weighted by Crippen LogP contribution is 2.56. The van der Waals surface area contributed by atoms with Crippen LogP contribution in [0.5, 0.6) is 0 Å². The first-order chi connectivity index (χ1) is 21.0. The number of nitrogens with zero attached hydrogens (tertiary/aromatic N) is 6. The number of amides is 1. The first-order valence-corrected chi connectivity index (χ1v) is 16.4. The molecule has 4 fully saturated rings. The van der Waals surface area contributed by atoms with Crippen LogP contribution in [0.2, 0.25) is 5.02 Å². The van der Waals surface area contributed by atoms with E-state index in [0.717, 1.165) is 117 Å². The second-order valence-electron chi connectivity index (χ2n) is 14.3. The number of carbonyl (C=O) groups excluding carboxylic acids is 1. The molecule has 236 valence electrons. The van der Waals surface area contributed by atoms with Crippen LogP contribution in [0, 0.1) is 25.2 Å². The molecular weight excluding hydrogens is 576 g/mol. The van der Waals surface area contributed by atoms with Gasteiger partial charge in [0.1, 0.15) is 0 Å². The lowest BCUT2D eigenvalue weighted by Gasteiger charge is -2.58. The molecule has 0 unspecified atom stereocenters. The van der Waals surface area contributed by atoms with Gasteiger partial charge in [0, 0.05) is 67.0 Å². The number of ether oxygens (including phenoxy) is 1. The van der Waals surface area contributed by atoms with E-state index in [4.69, 9.17) is 27.2 Å². The lowest BCUT2D eigenvalue weighted by molar-refractivity contribution is -0.149. The Kier molecular flexibility index (Phi) is 7.25. The number of nitrogens with two attached hydrogens (primary N) is 1. The molecule has 10 nitrogen and oxygen atoms in total. The van der Waals surface area contributed by atoms with Crippen molar-refractivity contribution >= 4 is 40.0 Å². The van der Waals surface area contributed by atoms with Gasteiger partial charge in [0.2, 0.25) is 5.91 Å². The summed E-state index contributed by atoms with van der Waals surface area (Å²) in [6.07, 6.45) is 5.62. The number of piperidine rings is 1. The van der Waals surface area contributed by atoms with Crippen LogP contribution in [-0.2, 0) is 9.53 Å². The fourth-order valence-electron chi connectivity index (χ4n) is 8.55. The molecule has 4 aliphatic rings. The third-order valence-electron chi connectivity index (χ3n) is 10.8. The number of rotatable bonds is 6. The largest absolute Gasteiger partial charge is 0.382 e. The predicted molar refractivity (Wildman–Crippen MR) is 175 cm³/mol. The van der Waals surface area contributed by atoms with Gasteiger partial charge in [0.15, 0.2) is 11.6 Å². The number of hydrogen-bond donors (Lipinski definition) is 2. The molecule has 44 heavy (non-hydrogen) atoms. The normalized spacial score (nSPS) is 23.6. The van der Waals surface area contributed by atoms with Crippen molar-refractivity contribution in [3.05, 3.63) is 35.0 Å². The van der Waals surface area contributed by atoms with Crippen molar-refractivity contribution in [1.29, 1.82) is 0 Å². The molecule has 2 aromatic heterocycles. The molecule has 0 radical (unpaired) electrons. The Hall–Kier alpha value is -3.08. The third kappa shape index (κ3) is 4.81. The number of likely N-dealkylation sites (tertiary alicyclic amines) is 1. The highest BCUT2D eigenvalue weighted by molar-refractivity contribution is 6.36. The van der Waals surface area contributed by atoms with Gasteiger partial charge in [0.05, 0.1) is 35.2 Å². The number of aryl methyl sites for hydroxylation is 1. The van der Waals surface area contributed by atoms with E-state index in [1.165, 1.54) is 6.08 Å². The van der Waals surface area contributed by atoms with E-state index in [1.54, 1.807) is 0 Å². The lowest BCUT2D eigenvalue weighted by Crippen LogP contribution is -2.63. The molecule has 1 atom stereocenters. The number of aromatic amines is 1. The Balaban J connectivity index is 1.25. The summed E-state index contributed by atoms with van der Waals surface area (Å²) in [5, 5.41) is 14.5. The minimum Gasteiger partial charge on any atom is -0.382 e. The first kappa shape index (κ1) is 29.6. The molecule has 3 N–H and O–H groups in total. The number of halogens is 1. The van der Waals surface area contributed by atoms with Crippen LogP contribution in [0.25, 0.3) is 22.0 Å². The maximum atomic E-state index is 12.1. The molecular formula is C33H45ClN8O2. The van der Waals surface area contributed by atoms with Gasteiger partial charge in [-0.1, -0.05) is 18.2 Å². The maximum Gasteiger partial charge on any atom is 0.245 e. The number of anilines is 2. The first-order valence-electron chi connectivity index (χ1n) is 16.0. The van der Waals surface area contributed by atoms with Crippen molar-refractivity contribution < 1.29 is 9.53 Å². The van der Waals surface area contributed by atoms with E-state index in [2.05, 4.69) is 52.0 Å². The summed E-state index contributed by atoms with van der Waals surface area (Å²) in [6, 6.07) is 2.29. The van der Waals surface area contributed by atoms with Gasteiger partial charge in [-0.25, -0.2) is 0 Å². The highest BCUT2D eigenvalue weighted by Gasteiger charge is 2.54. The van der Waals surface area contributed by atoms with Crippen LogP contribution < -0.4 is 10.6 Å². The number of H-pyrrole nitrogens is 1. The number of nitrogens with one attached hydrogen (secondary N) is 1. The van der Waals surface area contributed by atoms with Crippen LogP contribution in [-0.4, -0.2) is 93.7 Å². The lowest BCUT2D eigenvalue weighted by atomic mass is 9.60. The van der Waals surface area contributed by atoms with E-state index in [-0.39, 0.29) is 22.9 Å². The highest BCUT2D eigenvalue weighted by atomic mass is 35.5. The predicted octanol–water partition coefficient (Wildman–Crippen LogP) is 4.96. The minimum absolute atomic E-state index is 0.0222. The fraction of sp³-hybridized carbons (Fsp3) is 0.606. The SMILES string of the molecule is C=CC(=O)N1CC2(CC(n3nc(N4CC[C@@H](CN5CCOCC5)CC4(C)C)c(-c4c(Cl)c(C)cc5[nH]nc(N)c45)c3C)C2)C1. The Labute approximate surface area is 264 Å². The van der Waals surface area contributed by atoms with Gasteiger partial charge < -0.3 is 20.3 Å². The number of aromatic nitrogens is 4. The molecule has 11 heteroatoms. The molecule has 1 amide bonds. The topological polar surface area (TPSA) is 109 Å². The second-order valence-corrected chi connectivity index (χ2v) is 14.7. The Bertz CT molecular complexity index is 1610. The Morgan fingerprint density at radius 3 is 2.59 bits per heavy atom. The van der Waals surface area contributed by atoms with E-state index in [9.17, 15) is 4.79 Å². The van der Waals surface area contributed by atoms with Crippen molar-refractivity contribution in [2.24, 2.45) is 11.3 Å². The summed E-state index contributed by atoms with van der Waals surface area (Å²) in [5.74, 6) is 2.07. The second kappa shape index (κ2) is 10.8. The molecule has 7 rings (SSSR count). The van der Waals surface area contributed by atoms with Crippen LogP contribution in [0.3, 0.4) is 0 Å². The van der Waals surface area contributed by atoms with Crippen molar-refractivity contribution in [3.8, 4) is 11.1 Å². The molecule has 1 saturated carbocycles. The number of morpholine rings is 1. The summed E-state index contributed by atoms with van der Waals surface area (Å²) in [7, 11) is 0. The molecule has 3 aliphatic heterocycles. The molecule has 3 saturated heterocycles. The average molecular weight is 621 g/mol. The molecule has 5 heterocycles. The Morgan fingerprint density at radius 1 is 1.18 bits per heavy atom. The summed E-state index contributed by atoms with van der Waals surface area (Å²) in [5.41, 5.74) is 11.5. The number of benzene rings is 1. The van der Waals surface area contributed by atoms with E-state index >= 15 is 0 Å². The third-order valence-corrected chi connectivity index (χ3v) is 11.2. The molecule has 1 aromatic carbocycles. The molecule has 0 bridgehead atoms. The number of nitrogen functional groups attached to an aromatic ring is 1. The molecule has 1 spiro atoms. The van der Waals surface area contributed by atoms with Crippen LogP contribution in [0.1, 0.15) is 56.8 Å². The minimum atomic E-state index is -0.104. The zero-order valence-corrected chi connectivity index (χ0v) is 27.2. The van der Waals surface area contributed by atoms with Gasteiger partial charge in [-0.3, -0.25) is 19.5 Å². The zero-order chi connectivity index (χ0) is 31.0. The quantitative estimate of drug-likeness (QED) is 0.375. The Morgan fingerprint density at radius 2 is 1.91 bits per heavy atom. The molecule has 1 aliphatic carbocycles. The van der Waals surface area contributed by atoms with Gasteiger partial charge in [-0.2, -0.15) is 10.2 Å². The number of hydrogen-bond acceptors (Lipinski definition) is 7. The van der Waals surface area contributed by atoms with Crippen LogP contribution in [0.15, 0.2) is 18.7 Å². The van der Waals surface area contributed by atoms with Crippen molar-refractivity contribution in [3.63, 3.8) is 0 Å². The van der Waals surface area contributed by atoms with E-state index < -0.39 is 0 Å². The standard InChI is InChI=1S/C33H45ClN8O2/c1-6-25(43)40-18-33(19-40)15-23(16-33)42-21(3)26(28-27-24(36-37-30(27)35)13-20(2)29(28)34)31(38-42)41-8-7-22(14-32(41,4)5)17-39-9-11-44-12-10-39/h6,13,22-23H,1,7-12,14-19H2,2-5H3,(H3,35,36,37)/t22-/m1/s1. The zero-order valence-electron chi connectivity index (χ0n) is 26.5. The van der Waals surface area contributed by atoms with Gasteiger partial charge in [0.25, 0.3) is 0 Å². The smallest absolute Gasteiger partial charge is 0.245 e. The van der Waals surface area contributed by atoms with Gasteiger partial charge >= 0.3 is 0 Å².